The number of rotatable bonds is 2. The van der Waals surface area contributed by atoms with E-state index in [1.165, 1.54) is 18.2 Å². The second kappa shape index (κ2) is 4.07. The van der Waals surface area contributed by atoms with E-state index < -0.39 is 9.84 Å². The van der Waals surface area contributed by atoms with Crippen LogP contribution < -0.4 is 5.32 Å². The first-order valence-electron chi connectivity index (χ1n) is 6.42. The molecular weight excluding hydrogens is 236 g/mol. The molecule has 0 radical (unpaired) electrons. The van der Waals surface area contributed by atoms with Gasteiger partial charge in [0.15, 0.2) is 9.84 Å². The SMILES string of the molecule is CN1C2CCC1CC(NC1C=CS(=O)(=O)C1)C2. The van der Waals surface area contributed by atoms with Crippen LogP contribution in [0, 0.1) is 0 Å². The Morgan fingerprint density at radius 3 is 2.41 bits per heavy atom. The van der Waals surface area contributed by atoms with Crippen molar-refractivity contribution >= 4 is 9.84 Å². The number of nitrogens with one attached hydrogen (secondary N) is 1. The third-order valence-corrected chi connectivity index (χ3v) is 5.87. The lowest BCUT2D eigenvalue weighted by atomic mass is 9.97. The molecule has 0 spiro atoms. The lowest BCUT2D eigenvalue weighted by molar-refractivity contribution is 0.147. The highest BCUT2D eigenvalue weighted by Gasteiger charge is 2.39. The zero-order valence-electron chi connectivity index (χ0n) is 10.2. The monoisotopic (exact) mass is 256 g/mol. The van der Waals surface area contributed by atoms with E-state index in [4.69, 9.17) is 0 Å². The molecule has 2 saturated heterocycles. The van der Waals surface area contributed by atoms with Gasteiger partial charge in [0, 0.05) is 29.6 Å². The zero-order chi connectivity index (χ0) is 12.0. The van der Waals surface area contributed by atoms with Crippen molar-refractivity contribution in [3.8, 4) is 0 Å². The highest BCUT2D eigenvalue weighted by molar-refractivity contribution is 7.94. The number of piperidine rings is 1. The zero-order valence-corrected chi connectivity index (χ0v) is 11.0. The van der Waals surface area contributed by atoms with E-state index in [-0.39, 0.29) is 11.8 Å². The van der Waals surface area contributed by atoms with Crippen molar-refractivity contribution in [1.82, 2.24) is 10.2 Å². The summed E-state index contributed by atoms with van der Waals surface area (Å²) in [4.78, 5) is 2.50. The molecule has 0 aromatic carbocycles. The van der Waals surface area contributed by atoms with Crippen LogP contribution in [0.1, 0.15) is 25.7 Å². The fourth-order valence-corrected chi connectivity index (χ4v) is 4.78. The average Bonchev–Trinajstić information content (AvgIpc) is 2.67. The first-order valence-corrected chi connectivity index (χ1v) is 8.14. The Morgan fingerprint density at radius 1 is 1.24 bits per heavy atom. The van der Waals surface area contributed by atoms with Crippen molar-refractivity contribution < 1.29 is 8.42 Å². The molecule has 2 bridgehead atoms. The fraction of sp³-hybridized carbons (Fsp3) is 0.833. The molecule has 0 aliphatic carbocycles. The molecule has 4 nitrogen and oxygen atoms in total. The Hall–Kier alpha value is -0.390. The third kappa shape index (κ3) is 2.28. The van der Waals surface area contributed by atoms with Gasteiger partial charge in [-0.25, -0.2) is 8.42 Å². The molecule has 3 rings (SSSR count). The summed E-state index contributed by atoms with van der Waals surface area (Å²) in [6, 6.07) is 1.93. The molecule has 3 unspecified atom stereocenters. The molecule has 3 aliphatic heterocycles. The summed E-state index contributed by atoms with van der Waals surface area (Å²) in [5.74, 6) is 0.245. The Kier molecular flexibility index (Phi) is 2.80. The summed E-state index contributed by atoms with van der Waals surface area (Å²) in [6.45, 7) is 0. The van der Waals surface area contributed by atoms with Crippen LogP contribution in [0.3, 0.4) is 0 Å². The molecule has 3 atom stereocenters. The van der Waals surface area contributed by atoms with E-state index in [9.17, 15) is 8.42 Å². The van der Waals surface area contributed by atoms with E-state index in [0.717, 1.165) is 12.8 Å². The van der Waals surface area contributed by atoms with E-state index in [1.807, 2.05) is 0 Å². The minimum Gasteiger partial charge on any atom is -0.307 e. The molecule has 1 N–H and O–H groups in total. The third-order valence-electron chi connectivity index (χ3n) is 4.48. The predicted molar refractivity (Wildman–Crippen MR) is 67.4 cm³/mol. The minimum absolute atomic E-state index is 0.0350. The maximum Gasteiger partial charge on any atom is 0.173 e. The van der Waals surface area contributed by atoms with Gasteiger partial charge in [-0.2, -0.15) is 0 Å². The highest BCUT2D eigenvalue weighted by atomic mass is 32.2. The molecule has 5 heteroatoms. The first kappa shape index (κ1) is 11.7. The molecule has 3 heterocycles. The molecule has 17 heavy (non-hydrogen) atoms. The van der Waals surface area contributed by atoms with Crippen LogP contribution in [0.5, 0.6) is 0 Å². The number of hydrogen-bond acceptors (Lipinski definition) is 4. The summed E-state index contributed by atoms with van der Waals surface area (Å²) in [6.07, 6.45) is 6.74. The predicted octanol–water partition coefficient (Wildman–Crippen LogP) is 0.512. The largest absolute Gasteiger partial charge is 0.307 e. The molecule has 96 valence electrons. The molecule has 0 amide bonds. The van der Waals surface area contributed by atoms with Crippen LogP contribution in [0.4, 0.5) is 0 Å². The summed E-state index contributed by atoms with van der Waals surface area (Å²) in [5, 5.41) is 4.86. The molecule has 0 aromatic rings. The van der Waals surface area contributed by atoms with Crippen LogP contribution in [0.15, 0.2) is 11.5 Å². The summed E-state index contributed by atoms with van der Waals surface area (Å²) >= 11 is 0. The van der Waals surface area contributed by atoms with Gasteiger partial charge in [0.25, 0.3) is 0 Å². The van der Waals surface area contributed by atoms with Crippen LogP contribution in [-0.4, -0.2) is 50.3 Å². The highest BCUT2D eigenvalue weighted by Crippen LogP contribution is 2.34. The normalized spacial score (nSPS) is 44.3. The van der Waals surface area contributed by atoms with Crippen molar-refractivity contribution in [2.24, 2.45) is 0 Å². The van der Waals surface area contributed by atoms with Gasteiger partial charge in [-0.1, -0.05) is 6.08 Å². The number of hydrogen-bond donors (Lipinski definition) is 1. The Morgan fingerprint density at radius 2 is 1.88 bits per heavy atom. The number of nitrogens with zero attached hydrogens (tertiary/aromatic N) is 1. The second-order valence-corrected chi connectivity index (χ2v) is 7.58. The Labute approximate surface area is 103 Å². The maximum atomic E-state index is 11.3. The van der Waals surface area contributed by atoms with E-state index in [2.05, 4.69) is 17.3 Å². The van der Waals surface area contributed by atoms with Gasteiger partial charge in [0.1, 0.15) is 0 Å². The standard InChI is InChI=1S/C12H20N2O2S/c1-14-11-2-3-12(14)7-10(6-11)13-9-4-5-17(15,16)8-9/h4-5,9-13H,2-3,6-8H2,1H3. The quantitative estimate of drug-likeness (QED) is 0.782. The lowest BCUT2D eigenvalue weighted by Crippen LogP contribution is -2.50. The van der Waals surface area contributed by atoms with Gasteiger partial charge < -0.3 is 10.2 Å². The van der Waals surface area contributed by atoms with Gasteiger partial charge in [-0.15, -0.1) is 0 Å². The van der Waals surface area contributed by atoms with Crippen molar-refractivity contribution in [1.29, 1.82) is 0 Å². The summed E-state index contributed by atoms with van der Waals surface area (Å²) in [7, 11) is -0.701. The number of fused-ring (bicyclic) bond motifs is 2. The fourth-order valence-electron chi connectivity index (χ4n) is 3.53. The van der Waals surface area contributed by atoms with Crippen molar-refractivity contribution in [2.75, 3.05) is 12.8 Å². The van der Waals surface area contributed by atoms with Gasteiger partial charge in [0.05, 0.1) is 5.75 Å². The van der Waals surface area contributed by atoms with Crippen molar-refractivity contribution in [3.05, 3.63) is 11.5 Å². The van der Waals surface area contributed by atoms with Crippen molar-refractivity contribution in [2.45, 2.75) is 49.9 Å². The van der Waals surface area contributed by atoms with E-state index in [1.54, 1.807) is 6.08 Å². The molecular formula is C12H20N2O2S. The van der Waals surface area contributed by atoms with Crippen molar-refractivity contribution in [3.63, 3.8) is 0 Å². The second-order valence-electron chi connectivity index (χ2n) is 5.65. The van der Waals surface area contributed by atoms with Gasteiger partial charge in [-0.05, 0) is 32.7 Å². The molecule has 3 aliphatic rings. The van der Waals surface area contributed by atoms with E-state index >= 15 is 0 Å². The molecule has 0 aromatic heterocycles. The average molecular weight is 256 g/mol. The van der Waals surface area contributed by atoms with Gasteiger partial charge in [-0.3, -0.25) is 0 Å². The lowest BCUT2D eigenvalue weighted by Gasteiger charge is -2.37. The Bertz CT molecular complexity index is 418. The van der Waals surface area contributed by atoms with Gasteiger partial charge in [0.2, 0.25) is 0 Å². The Balaban J connectivity index is 1.60. The minimum atomic E-state index is -2.92. The van der Waals surface area contributed by atoms with Crippen LogP contribution in [-0.2, 0) is 9.84 Å². The maximum absolute atomic E-state index is 11.3. The summed E-state index contributed by atoms with van der Waals surface area (Å²) in [5.41, 5.74) is 0. The van der Waals surface area contributed by atoms with Crippen LogP contribution in [0.2, 0.25) is 0 Å². The van der Waals surface area contributed by atoms with E-state index in [0.29, 0.717) is 18.1 Å². The van der Waals surface area contributed by atoms with Crippen LogP contribution >= 0.6 is 0 Å². The topological polar surface area (TPSA) is 49.4 Å². The first-order chi connectivity index (χ1) is 8.03. The molecule has 0 saturated carbocycles. The summed E-state index contributed by atoms with van der Waals surface area (Å²) < 4.78 is 22.7. The van der Waals surface area contributed by atoms with Gasteiger partial charge >= 0.3 is 0 Å². The molecule has 2 fully saturated rings. The number of sulfone groups is 1. The van der Waals surface area contributed by atoms with Crippen LogP contribution in [0.25, 0.3) is 0 Å². The smallest absolute Gasteiger partial charge is 0.173 e.